The molecule has 0 saturated carbocycles. The van der Waals surface area contributed by atoms with Crippen molar-refractivity contribution in [2.24, 2.45) is 0 Å². The van der Waals surface area contributed by atoms with Gasteiger partial charge in [-0.05, 0) is 24.6 Å². The Kier molecular flexibility index (Phi) is 6.49. The Morgan fingerprint density at radius 2 is 2.08 bits per heavy atom. The highest BCUT2D eigenvalue weighted by atomic mass is 35.5. The fraction of sp³-hybridized carbons (Fsp3) is 0.333. The van der Waals surface area contributed by atoms with Gasteiger partial charge in [-0.25, -0.2) is 4.79 Å². The molecule has 1 aromatic rings. The first-order valence-corrected chi connectivity index (χ1v) is 8.33. The first kappa shape index (κ1) is 19.3. The van der Waals surface area contributed by atoms with Gasteiger partial charge < -0.3 is 14.8 Å². The van der Waals surface area contributed by atoms with Gasteiger partial charge in [-0.3, -0.25) is 0 Å². The van der Waals surface area contributed by atoms with Gasteiger partial charge in [0, 0.05) is 35.0 Å². The molecule has 7 heteroatoms. The molecule has 5 nitrogen and oxygen atoms in total. The molecule has 1 aliphatic heterocycles. The number of benzene rings is 1. The summed E-state index contributed by atoms with van der Waals surface area (Å²) in [5.74, 6) is -1.15. The Morgan fingerprint density at radius 1 is 1.36 bits per heavy atom. The molecular weight excluding hydrogens is 363 g/mol. The number of dihydropyridines is 1. The molecule has 1 aromatic carbocycles. The van der Waals surface area contributed by atoms with E-state index in [0.29, 0.717) is 51.2 Å². The quantitative estimate of drug-likeness (QED) is 0.783. The number of methoxy groups -OCH3 is 2. The van der Waals surface area contributed by atoms with E-state index in [1.54, 1.807) is 32.2 Å². The summed E-state index contributed by atoms with van der Waals surface area (Å²) in [5.41, 5.74) is 2.70. The lowest BCUT2D eigenvalue weighted by Gasteiger charge is -2.30. The molecule has 1 unspecified atom stereocenters. The van der Waals surface area contributed by atoms with Crippen LogP contribution in [0.5, 0.6) is 0 Å². The number of ether oxygens (including phenoxy) is 2. The first-order chi connectivity index (χ1) is 11.9. The first-order valence-electron chi connectivity index (χ1n) is 7.57. The van der Waals surface area contributed by atoms with E-state index in [1.165, 1.54) is 7.11 Å². The maximum absolute atomic E-state index is 12.5. The zero-order chi connectivity index (χ0) is 18.6. The molecule has 0 fully saturated rings. The highest BCUT2D eigenvalue weighted by Crippen LogP contribution is 2.42. The fourth-order valence-corrected chi connectivity index (χ4v) is 3.36. The second-order valence-electron chi connectivity index (χ2n) is 5.50. The summed E-state index contributed by atoms with van der Waals surface area (Å²) in [6.45, 7) is 2.20. The summed E-state index contributed by atoms with van der Waals surface area (Å²) in [4.78, 5) is 12.5. The normalized spacial score (nSPS) is 17.2. The summed E-state index contributed by atoms with van der Waals surface area (Å²) in [7, 11) is 2.89. The monoisotopic (exact) mass is 380 g/mol. The molecule has 25 heavy (non-hydrogen) atoms. The maximum atomic E-state index is 12.5. The molecule has 1 aliphatic rings. The highest BCUT2D eigenvalue weighted by molar-refractivity contribution is 6.35. The lowest BCUT2D eigenvalue weighted by molar-refractivity contribution is -0.136. The summed E-state index contributed by atoms with van der Waals surface area (Å²) in [6.07, 6.45) is 0.471. The number of esters is 1. The van der Waals surface area contributed by atoms with Crippen molar-refractivity contribution in [2.45, 2.75) is 19.3 Å². The smallest absolute Gasteiger partial charge is 0.336 e. The number of hydrogen-bond donors (Lipinski definition) is 1. The molecule has 2 rings (SSSR count). The Labute approximate surface area is 156 Å². The Hall–Kier alpha value is -2.00. The highest BCUT2D eigenvalue weighted by Gasteiger charge is 2.36. The van der Waals surface area contributed by atoms with Crippen LogP contribution in [0.15, 0.2) is 40.7 Å². The molecule has 0 amide bonds. The second kappa shape index (κ2) is 8.39. The summed E-state index contributed by atoms with van der Waals surface area (Å²) in [5, 5.41) is 13.7. The summed E-state index contributed by atoms with van der Waals surface area (Å²) in [6, 6.07) is 7.18. The standard InChI is InChI=1S/C18H18Cl2N2O3/c1-10-13(9-21)16(12-5-4-11(19)8-14(12)20)17(18(23)25-3)15(22-10)6-7-24-2/h4-5,8,16,22H,6-7H2,1-3H3. The number of hydrogen-bond acceptors (Lipinski definition) is 5. The van der Waals surface area contributed by atoms with E-state index in [4.69, 9.17) is 32.7 Å². The van der Waals surface area contributed by atoms with Crippen LogP contribution in [0.1, 0.15) is 24.8 Å². The van der Waals surface area contributed by atoms with Crippen LogP contribution in [0.4, 0.5) is 0 Å². The second-order valence-corrected chi connectivity index (χ2v) is 6.34. The van der Waals surface area contributed by atoms with Gasteiger partial charge in [0.05, 0.1) is 36.9 Å². The van der Waals surface area contributed by atoms with Crippen molar-refractivity contribution in [3.8, 4) is 6.07 Å². The number of nitrogens with zero attached hydrogens (tertiary/aromatic N) is 1. The number of carbonyl (C=O) groups is 1. The Morgan fingerprint density at radius 3 is 2.64 bits per heavy atom. The predicted octanol–water partition coefficient (Wildman–Crippen LogP) is 3.94. The summed E-state index contributed by atoms with van der Waals surface area (Å²) < 4.78 is 10.1. The molecule has 1 N–H and O–H groups in total. The van der Waals surface area contributed by atoms with Crippen molar-refractivity contribution in [1.82, 2.24) is 5.32 Å². The van der Waals surface area contributed by atoms with E-state index in [-0.39, 0.29) is 0 Å². The number of halogens is 2. The van der Waals surface area contributed by atoms with E-state index in [9.17, 15) is 10.1 Å². The van der Waals surface area contributed by atoms with E-state index >= 15 is 0 Å². The molecule has 0 radical (unpaired) electrons. The van der Waals surface area contributed by atoms with E-state index in [1.807, 2.05) is 0 Å². The maximum Gasteiger partial charge on any atom is 0.336 e. The zero-order valence-electron chi connectivity index (χ0n) is 14.2. The van der Waals surface area contributed by atoms with Crippen molar-refractivity contribution in [3.05, 3.63) is 56.3 Å². The van der Waals surface area contributed by atoms with Crippen molar-refractivity contribution in [2.75, 3.05) is 20.8 Å². The minimum Gasteiger partial charge on any atom is -0.466 e. The molecule has 132 valence electrons. The molecular formula is C18H18Cl2N2O3. The van der Waals surface area contributed by atoms with Gasteiger partial charge in [0.2, 0.25) is 0 Å². The van der Waals surface area contributed by atoms with E-state index in [2.05, 4.69) is 11.4 Å². The fourth-order valence-electron chi connectivity index (χ4n) is 2.84. The third-order valence-electron chi connectivity index (χ3n) is 4.00. The third-order valence-corrected chi connectivity index (χ3v) is 4.56. The van der Waals surface area contributed by atoms with Crippen molar-refractivity contribution in [3.63, 3.8) is 0 Å². The van der Waals surface area contributed by atoms with Gasteiger partial charge in [-0.2, -0.15) is 5.26 Å². The van der Waals surface area contributed by atoms with Crippen LogP contribution < -0.4 is 5.32 Å². The van der Waals surface area contributed by atoms with Crippen LogP contribution in [-0.4, -0.2) is 26.8 Å². The van der Waals surface area contributed by atoms with Crippen LogP contribution in [0.2, 0.25) is 10.0 Å². The zero-order valence-corrected chi connectivity index (χ0v) is 15.7. The van der Waals surface area contributed by atoms with Crippen LogP contribution >= 0.6 is 23.2 Å². The van der Waals surface area contributed by atoms with Gasteiger partial charge in [-0.15, -0.1) is 0 Å². The van der Waals surface area contributed by atoms with Crippen LogP contribution in [0, 0.1) is 11.3 Å². The third kappa shape index (κ3) is 3.98. The van der Waals surface area contributed by atoms with Gasteiger partial charge in [0.15, 0.2) is 0 Å². The molecule has 1 atom stereocenters. The molecule has 0 spiro atoms. The van der Waals surface area contributed by atoms with Crippen molar-refractivity contribution >= 4 is 29.2 Å². The van der Waals surface area contributed by atoms with Crippen LogP contribution in [0.3, 0.4) is 0 Å². The molecule has 0 aliphatic carbocycles. The lowest BCUT2D eigenvalue weighted by atomic mass is 9.80. The van der Waals surface area contributed by atoms with E-state index in [0.717, 1.165) is 0 Å². The topological polar surface area (TPSA) is 71.3 Å². The summed E-state index contributed by atoms with van der Waals surface area (Å²) >= 11 is 12.3. The molecule has 0 saturated heterocycles. The number of nitriles is 1. The Bertz CT molecular complexity index is 794. The van der Waals surface area contributed by atoms with Gasteiger partial charge in [0.25, 0.3) is 0 Å². The van der Waals surface area contributed by atoms with Crippen LogP contribution in [0.25, 0.3) is 0 Å². The Balaban J connectivity index is 2.69. The number of allylic oxidation sites excluding steroid dienone is 2. The number of carbonyl (C=O) groups excluding carboxylic acids is 1. The van der Waals surface area contributed by atoms with Crippen LogP contribution in [-0.2, 0) is 14.3 Å². The molecule has 0 bridgehead atoms. The molecule has 0 aromatic heterocycles. The predicted molar refractivity (Wildman–Crippen MR) is 96.2 cm³/mol. The number of nitrogens with one attached hydrogen (secondary N) is 1. The van der Waals surface area contributed by atoms with Gasteiger partial charge in [-0.1, -0.05) is 29.3 Å². The SMILES string of the molecule is COCCC1=C(C(=O)OC)C(c2ccc(Cl)cc2Cl)C(C#N)=C(C)N1. The average Bonchev–Trinajstić information content (AvgIpc) is 2.58. The van der Waals surface area contributed by atoms with Gasteiger partial charge in [0.1, 0.15) is 0 Å². The molecule has 1 heterocycles. The van der Waals surface area contributed by atoms with Crippen molar-refractivity contribution < 1.29 is 14.3 Å². The van der Waals surface area contributed by atoms with Gasteiger partial charge >= 0.3 is 5.97 Å². The average molecular weight is 381 g/mol. The lowest BCUT2D eigenvalue weighted by Crippen LogP contribution is -2.30. The minimum absolute atomic E-state index is 0.353. The largest absolute Gasteiger partial charge is 0.466 e. The van der Waals surface area contributed by atoms with Crippen molar-refractivity contribution in [1.29, 1.82) is 5.26 Å². The van der Waals surface area contributed by atoms with E-state index < -0.39 is 11.9 Å². The number of rotatable bonds is 5. The minimum atomic E-state index is -0.629.